The van der Waals surface area contributed by atoms with Crippen molar-refractivity contribution in [3.63, 3.8) is 0 Å². The Bertz CT molecular complexity index is 319. The first-order chi connectivity index (χ1) is 7.13. The van der Waals surface area contributed by atoms with Gasteiger partial charge in [0, 0.05) is 12.0 Å². The quantitative estimate of drug-likeness (QED) is 0.756. The summed E-state index contributed by atoms with van der Waals surface area (Å²) in [6, 6.07) is 5.34. The Morgan fingerprint density at radius 3 is 2.60 bits per heavy atom. The van der Waals surface area contributed by atoms with Gasteiger partial charge < -0.3 is 5.11 Å². The molecular formula is C12H14FO2. The molecule has 0 saturated heterocycles. The zero-order chi connectivity index (χ0) is 11.3. The summed E-state index contributed by atoms with van der Waals surface area (Å²) in [6.07, 6.45) is 1.73. The average molecular weight is 209 g/mol. The second-order valence-corrected chi connectivity index (χ2v) is 3.43. The molecule has 0 aromatic heterocycles. The maximum atomic E-state index is 12.6. The van der Waals surface area contributed by atoms with Gasteiger partial charge in [-0.25, -0.2) is 4.39 Å². The molecule has 0 aliphatic carbocycles. The lowest BCUT2D eigenvalue weighted by molar-refractivity contribution is 0.0880. The molecule has 1 rings (SSSR count). The van der Waals surface area contributed by atoms with Gasteiger partial charge in [-0.3, -0.25) is 4.79 Å². The van der Waals surface area contributed by atoms with E-state index in [1.54, 1.807) is 0 Å². The highest BCUT2D eigenvalue weighted by atomic mass is 19.1. The molecule has 1 aromatic carbocycles. The number of benzene rings is 1. The van der Waals surface area contributed by atoms with Gasteiger partial charge in [-0.2, -0.15) is 0 Å². The van der Waals surface area contributed by atoms with Gasteiger partial charge in [0.2, 0.25) is 0 Å². The largest absolute Gasteiger partial charge is 0.393 e. The smallest absolute Gasteiger partial charge is 0.165 e. The first-order valence-corrected chi connectivity index (χ1v) is 4.88. The van der Waals surface area contributed by atoms with Gasteiger partial charge >= 0.3 is 0 Å². The van der Waals surface area contributed by atoms with Crippen LogP contribution in [0.1, 0.15) is 30.1 Å². The van der Waals surface area contributed by atoms with Gasteiger partial charge in [-0.05, 0) is 37.1 Å². The van der Waals surface area contributed by atoms with Crippen LogP contribution in [-0.2, 0) is 0 Å². The molecule has 2 nitrogen and oxygen atoms in total. The van der Waals surface area contributed by atoms with Crippen LogP contribution in [0.25, 0.3) is 0 Å². The molecule has 15 heavy (non-hydrogen) atoms. The third-order valence-electron chi connectivity index (χ3n) is 2.09. The summed E-state index contributed by atoms with van der Waals surface area (Å²) in [6.45, 7) is 1.82. The van der Waals surface area contributed by atoms with Gasteiger partial charge in [-0.1, -0.05) is 6.92 Å². The number of aliphatic hydroxyl groups is 1. The van der Waals surface area contributed by atoms with Crippen molar-refractivity contribution in [3.8, 4) is 0 Å². The van der Waals surface area contributed by atoms with Gasteiger partial charge in [0.25, 0.3) is 0 Å². The van der Waals surface area contributed by atoms with Crippen molar-refractivity contribution >= 4 is 5.78 Å². The van der Waals surface area contributed by atoms with E-state index in [0.717, 1.165) is 0 Å². The van der Waals surface area contributed by atoms with Crippen LogP contribution in [0.3, 0.4) is 0 Å². The molecule has 81 valence electrons. The topological polar surface area (TPSA) is 37.3 Å². The summed E-state index contributed by atoms with van der Waals surface area (Å²) in [5.41, 5.74) is 0.437. The van der Waals surface area contributed by atoms with E-state index in [0.29, 0.717) is 12.0 Å². The van der Waals surface area contributed by atoms with E-state index in [-0.39, 0.29) is 18.0 Å². The molecule has 3 heteroatoms. The maximum Gasteiger partial charge on any atom is 0.165 e. The van der Waals surface area contributed by atoms with Crippen LogP contribution in [0.4, 0.5) is 4.39 Å². The molecule has 0 bridgehead atoms. The zero-order valence-electron chi connectivity index (χ0n) is 8.61. The van der Waals surface area contributed by atoms with E-state index >= 15 is 0 Å². The molecule has 0 spiro atoms. The van der Waals surface area contributed by atoms with Crippen molar-refractivity contribution in [1.29, 1.82) is 0 Å². The Balaban J connectivity index is 2.57. The van der Waals surface area contributed by atoms with Gasteiger partial charge in [-0.15, -0.1) is 0 Å². The molecule has 0 aliphatic heterocycles. The molecule has 1 aromatic rings. The fourth-order valence-corrected chi connectivity index (χ4v) is 1.32. The van der Waals surface area contributed by atoms with E-state index < -0.39 is 6.10 Å². The summed E-state index contributed by atoms with van der Waals surface area (Å²) >= 11 is 0. The highest BCUT2D eigenvalue weighted by Gasteiger charge is 2.11. The minimum Gasteiger partial charge on any atom is -0.393 e. The number of hydrogen-bond donors (Lipinski definition) is 1. The predicted octanol–water partition coefficient (Wildman–Crippen LogP) is 2.37. The Hall–Kier alpha value is -1.22. The molecule has 0 saturated carbocycles. The zero-order valence-corrected chi connectivity index (χ0v) is 8.61. The Kier molecular flexibility index (Phi) is 4.43. The van der Waals surface area contributed by atoms with Crippen LogP contribution < -0.4 is 0 Å². The highest BCUT2D eigenvalue weighted by Crippen LogP contribution is 2.09. The molecular weight excluding hydrogens is 195 g/mol. The number of hydrogen-bond acceptors (Lipinski definition) is 2. The second-order valence-electron chi connectivity index (χ2n) is 3.43. The molecule has 0 heterocycles. The molecule has 1 N–H and O–H groups in total. The lowest BCUT2D eigenvalue weighted by Gasteiger charge is -2.07. The van der Waals surface area contributed by atoms with Crippen molar-refractivity contribution in [2.45, 2.75) is 25.9 Å². The summed E-state index contributed by atoms with van der Waals surface area (Å²) in [5.74, 6) is -0.529. The molecule has 1 radical (unpaired) electrons. The van der Waals surface area contributed by atoms with Crippen molar-refractivity contribution in [2.75, 3.05) is 0 Å². The molecule has 0 fully saturated rings. The van der Waals surface area contributed by atoms with Crippen molar-refractivity contribution < 1.29 is 14.3 Å². The summed E-state index contributed by atoms with van der Waals surface area (Å²) in [7, 11) is 0. The van der Waals surface area contributed by atoms with Crippen LogP contribution in [0.2, 0.25) is 0 Å². The van der Waals surface area contributed by atoms with E-state index in [9.17, 15) is 14.3 Å². The number of halogens is 1. The third-order valence-corrected chi connectivity index (χ3v) is 2.09. The Morgan fingerprint density at radius 2 is 2.07 bits per heavy atom. The van der Waals surface area contributed by atoms with E-state index in [1.807, 2.05) is 13.3 Å². The van der Waals surface area contributed by atoms with Crippen molar-refractivity contribution in [2.24, 2.45) is 0 Å². The number of rotatable bonds is 5. The Morgan fingerprint density at radius 1 is 1.47 bits per heavy atom. The van der Waals surface area contributed by atoms with Gasteiger partial charge in [0.05, 0.1) is 6.10 Å². The fraction of sp³-hybridized carbons (Fsp3) is 0.333. The Labute approximate surface area is 88.7 Å². The van der Waals surface area contributed by atoms with E-state index in [4.69, 9.17) is 0 Å². The van der Waals surface area contributed by atoms with Crippen LogP contribution in [0.5, 0.6) is 0 Å². The summed E-state index contributed by atoms with van der Waals surface area (Å²) in [5, 5.41) is 9.41. The standard InChI is InChI=1S/C12H14FO2/c1-2-3-11(14)8-12(15)9-4-6-10(13)7-5-9/h2,4-7,11,14H,3,8H2,1H3. The SMILES string of the molecule is C[CH]CC(O)CC(=O)c1ccc(F)cc1. The van der Waals surface area contributed by atoms with Crippen LogP contribution >= 0.6 is 0 Å². The molecule has 1 unspecified atom stereocenters. The maximum absolute atomic E-state index is 12.6. The van der Waals surface area contributed by atoms with Crippen molar-refractivity contribution in [1.82, 2.24) is 0 Å². The summed E-state index contributed by atoms with van der Waals surface area (Å²) < 4.78 is 12.6. The monoisotopic (exact) mass is 209 g/mol. The van der Waals surface area contributed by atoms with Crippen LogP contribution in [0.15, 0.2) is 24.3 Å². The van der Waals surface area contributed by atoms with Gasteiger partial charge in [0.1, 0.15) is 5.82 Å². The number of Topliss-reactive ketones (excluding diaryl/α,β-unsaturated/α-hetero) is 1. The first-order valence-electron chi connectivity index (χ1n) is 4.88. The molecule has 0 aliphatic rings. The average Bonchev–Trinajstić information content (AvgIpc) is 2.18. The van der Waals surface area contributed by atoms with E-state index in [1.165, 1.54) is 24.3 Å². The highest BCUT2D eigenvalue weighted by molar-refractivity contribution is 5.96. The van der Waals surface area contributed by atoms with Gasteiger partial charge in [0.15, 0.2) is 5.78 Å². The molecule has 1 atom stereocenters. The van der Waals surface area contributed by atoms with Crippen molar-refractivity contribution in [3.05, 3.63) is 42.1 Å². The first kappa shape index (κ1) is 11.9. The lowest BCUT2D eigenvalue weighted by atomic mass is 10.0. The number of carbonyl (C=O) groups excluding carboxylic acids is 1. The normalized spacial score (nSPS) is 12.5. The number of ketones is 1. The second kappa shape index (κ2) is 5.61. The third kappa shape index (κ3) is 3.80. The minimum atomic E-state index is -0.646. The van der Waals surface area contributed by atoms with Crippen LogP contribution in [0, 0.1) is 12.2 Å². The molecule has 0 amide bonds. The van der Waals surface area contributed by atoms with E-state index in [2.05, 4.69) is 0 Å². The summed E-state index contributed by atoms with van der Waals surface area (Å²) in [4.78, 5) is 11.5. The lowest BCUT2D eigenvalue weighted by Crippen LogP contribution is -2.13. The fourth-order valence-electron chi connectivity index (χ4n) is 1.32. The minimum absolute atomic E-state index is 0.0793. The van der Waals surface area contributed by atoms with Crippen LogP contribution in [-0.4, -0.2) is 17.0 Å². The predicted molar refractivity (Wildman–Crippen MR) is 55.9 cm³/mol. The number of aliphatic hydroxyl groups excluding tert-OH is 1. The number of carbonyl (C=O) groups is 1.